The summed E-state index contributed by atoms with van der Waals surface area (Å²) in [6.07, 6.45) is 0. The molecule has 2 N–H and O–H groups in total. The molecule has 0 bridgehead atoms. The van der Waals surface area contributed by atoms with Gasteiger partial charge in [-0.05, 0) is 19.8 Å². The molecule has 0 aromatic carbocycles. The van der Waals surface area contributed by atoms with E-state index >= 15 is 0 Å². The summed E-state index contributed by atoms with van der Waals surface area (Å²) in [6, 6.07) is -0.390. The van der Waals surface area contributed by atoms with Crippen LogP contribution < -0.4 is 5.73 Å². The summed E-state index contributed by atoms with van der Waals surface area (Å²) in [7, 11) is 0. The molecule has 1 amide bonds. The first kappa shape index (κ1) is 15.7. The van der Waals surface area contributed by atoms with Gasteiger partial charge in [-0.25, -0.2) is 0 Å². The molecule has 0 radical (unpaired) electrons. The number of carbonyl (C=O) groups is 1. The highest BCUT2D eigenvalue weighted by Gasteiger charge is 2.32. The van der Waals surface area contributed by atoms with Crippen LogP contribution in [0.2, 0.25) is 0 Å². The van der Waals surface area contributed by atoms with Crippen molar-refractivity contribution in [3.8, 4) is 0 Å². The molecule has 1 aliphatic heterocycles. The summed E-state index contributed by atoms with van der Waals surface area (Å²) in [4.78, 5) is 13.8. The third-order valence-corrected chi connectivity index (χ3v) is 2.74. The average Bonchev–Trinajstić information content (AvgIpc) is 2.13. The van der Waals surface area contributed by atoms with Gasteiger partial charge in [0.2, 0.25) is 5.91 Å². The molecule has 0 spiro atoms. The van der Waals surface area contributed by atoms with Gasteiger partial charge in [0.05, 0.1) is 18.2 Å². The number of amides is 1. The number of carbonyl (C=O) groups excluding carboxylic acids is 1. The first-order valence-corrected chi connectivity index (χ1v) is 5.52. The standard InChI is InChI=1S/C11H22N2O2.ClH/c1-8(2)9(12)10(14)13-5-6-15-11(3,4)7-13;/h8-9H,5-7,12H2,1-4H3;1H. The number of hydrogen-bond donors (Lipinski definition) is 1. The van der Waals surface area contributed by atoms with Gasteiger partial charge in [-0.2, -0.15) is 0 Å². The lowest BCUT2D eigenvalue weighted by atomic mass is 10.0. The lowest BCUT2D eigenvalue weighted by Gasteiger charge is -2.39. The molecule has 1 heterocycles. The summed E-state index contributed by atoms with van der Waals surface area (Å²) in [5.74, 6) is 0.227. The molecule has 1 fully saturated rings. The first-order chi connectivity index (χ1) is 6.83. The van der Waals surface area contributed by atoms with Crippen molar-refractivity contribution in [2.24, 2.45) is 11.7 Å². The topological polar surface area (TPSA) is 55.6 Å². The molecule has 1 atom stereocenters. The van der Waals surface area contributed by atoms with Gasteiger partial charge in [-0.1, -0.05) is 13.8 Å². The van der Waals surface area contributed by atoms with Gasteiger partial charge in [-0.3, -0.25) is 4.79 Å². The van der Waals surface area contributed by atoms with Crippen molar-refractivity contribution in [3.05, 3.63) is 0 Å². The zero-order chi connectivity index (χ0) is 11.6. The van der Waals surface area contributed by atoms with Crippen molar-refractivity contribution in [3.63, 3.8) is 0 Å². The Hall–Kier alpha value is -0.320. The molecule has 5 heteroatoms. The minimum Gasteiger partial charge on any atom is -0.372 e. The van der Waals surface area contributed by atoms with Gasteiger partial charge < -0.3 is 15.4 Å². The van der Waals surface area contributed by atoms with Crippen molar-refractivity contribution >= 4 is 18.3 Å². The summed E-state index contributed by atoms with van der Waals surface area (Å²) < 4.78 is 5.55. The summed E-state index contributed by atoms with van der Waals surface area (Å²) in [5.41, 5.74) is 5.60. The molecule has 96 valence electrons. The molecular weight excluding hydrogens is 228 g/mol. The molecule has 4 nitrogen and oxygen atoms in total. The molecule has 16 heavy (non-hydrogen) atoms. The SMILES string of the molecule is CC(C)C(N)C(=O)N1CCOC(C)(C)C1.Cl. The zero-order valence-corrected chi connectivity index (χ0v) is 11.3. The summed E-state index contributed by atoms with van der Waals surface area (Å²) >= 11 is 0. The monoisotopic (exact) mass is 250 g/mol. The quantitative estimate of drug-likeness (QED) is 0.797. The van der Waals surface area contributed by atoms with E-state index in [0.29, 0.717) is 19.7 Å². The Morgan fingerprint density at radius 3 is 2.44 bits per heavy atom. The number of halogens is 1. The van der Waals surface area contributed by atoms with Crippen LogP contribution in [0.5, 0.6) is 0 Å². The highest BCUT2D eigenvalue weighted by Crippen LogP contribution is 2.17. The lowest BCUT2D eigenvalue weighted by molar-refractivity contribution is -0.148. The maximum absolute atomic E-state index is 12.0. The van der Waals surface area contributed by atoms with Crippen LogP contribution in [0.3, 0.4) is 0 Å². The van der Waals surface area contributed by atoms with E-state index in [0.717, 1.165) is 0 Å². The second-order valence-corrected chi connectivity index (χ2v) is 5.14. The Kier molecular flexibility index (Phi) is 5.73. The highest BCUT2D eigenvalue weighted by molar-refractivity contribution is 5.85. The van der Waals surface area contributed by atoms with Crippen LogP contribution in [-0.2, 0) is 9.53 Å². The van der Waals surface area contributed by atoms with Gasteiger partial charge >= 0.3 is 0 Å². The van der Waals surface area contributed by atoms with Crippen LogP contribution >= 0.6 is 12.4 Å². The largest absolute Gasteiger partial charge is 0.372 e. The number of hydrogen-bond acceptors (Lipinski definition) is 3. The van der Waals surface area contributed by atoms with Crippen LogP contribution in [0.25, 0.3) is 0 Å². The van der Waals surface area contributed by atoms with Crippen LogP contribution in [0, 0.1) is 5.92 Å². The minimum absolute atomic E-state index is 0. The Bertz CT molecular complexity index is 244. The zero-order valence-electron chi connectivity index (χ0n) is 10.5. The third-order valence-electron chi connectivity index (χ3n) is 2.74. The van der Waals surface area contributed by atoms with Gasteiger partial charge in [0.1, 0.15) is 0 Å². The molecule has 1 rings (SSSR count). The number of ether oxygens (including phenoxy) is 1. The van der Waals surface area contributed by atoms with E-state index in [4.69, 9.17) is 10.5 Å². The number of rotatable bonds is 2. The van der Waals surface area contributed by atoms with Crippen LogP contribution in [0.15, 0.2) is 0 Å². The Balaban J connectivity index is 0.00000225. The van der Waals surface area contributed by atoms with Gasteiger partial charge in [0.25, 0.3) is 0 Å². The van der Waals surface area contributed by atoms with Crippen molar-refractivity contribution < 1.29 is 9.53 Å². The Morgan fingerprint density at radius 1 is 1.44 bits per heavy atom. The highest BCUT2D eigenvalue weighted by atomic mass is 35.5. The Morgan fingerprint density at radius 2 is 2.00 bits per heavy atom. The molecular formula is C11H23ClN2O2. The number of morpholine rings is 1. The fraction of sp³-hybridized carbons (Fsp3) is 0.909. The maximum atomic E-state index is 12.0. The van der Waals surface area contributed by atoms with Crippen LogP contribution in [-0.4, -0.2) is 42.1 Å². The molecule has 0 aliphatic carbocycles. The Labute approximate surface area is 104 Å². The number of nitrogens with zero attached hydrogens (tertiary/aromatic N) is 1. The normalized spacial score (nSPS) is 21.5. The van der Waals surface area contributed by atoms with E-state index in [2.05, 4.69) is 0 Å². The second-order valence-electron chi connectivity index (χ2n) is 5.14. The minimum atomic E-state index is -0.390. The predicted molar refractivity (Wildman–Crippen MR) is 66.7 cm³/mol. The van der Waals surface area contributed by atoms with E-state index in [-0.39, 0.29) is 35.9 Å². The van der Waals surface area contributed by atoms with Crippen molar-refractivity contribution in [2.75, 3.05) is 19.7 Å². The molecule has 1 unspecified atom stereocenters. The second kappa shape index (κ2) is 5.84. The lowest BCUT2D eigenvalue weighted by Crippen LogP contribution is -2.55. The summed E-state index contributed by atoms with van der Waals surface area (Å²) in [5, 5.41) is 0. The summed E-state index contributed by atoms with van der Waals surface area (Å²) in [6.45, 7) is 9.81. The maximum Gasteiger partial charge on any atom is 0.239 e. The van der Waals surface area contributed by atoms with Gasteiger partial charge in [0.15, 0.2) is 0 Å². The van der Waals surface area contributed by atoms with Crippen LogP contribution in [0.4, 0.5) is 0 Å². The van der Waals surface area contributed by atoms with E-state index in [1.807, 2.05) is 32.6 Å². The van der Waals surface area contributed by atoms with E-state index in [9.17, 15) is 4.79 Å². The molecule has 1 saturated heterocycles. The van der Waals surface area contributed by atoms with E-state index < -0.39 is 0 Å². The van der Waals surface area contributed by atoms with E-state index in [1.54, 1.807) is 0 Å². The number of nitrogens with two attached hydrogens (primary N) is 1. The average molecular weight is 251 g/mol. The molecule has 0 aromatic rings. The van der Waals surface area contributed by atoms with Crippen molar-refractivity contribution in [2.45, 2.75) is 39.3 Å². The first-order valence-electron chi connectivity index (χ1n) is 5.52. The van der Waals surface area contributed by atoms with Crippen molar-refractivity contribution in [1.82, 2.24) is 4.90 Å². The molecule has 1 aliphatic rings. The van der Waals surface area contributed by atoms with Crippen LogP contribution in [0.1, 0.15) is 27.7 Å². The predicted octanol–water partition coefficient (Wildman–Crippen LogP) is 1.03. The molecule has 0 saturated carbocycles. The third kappa shape index (κ3) is 3.92. The van der Waals surface area contributed by atoms with E-state index in [1.165, 1.54) is 0 Å². The molecule has 0 aromatic heterocycles. The van der Waals surface area contributed by atoms with Gasteiger partial charge in [0, 0.05) is 13.1 Å². The smallest absolute Gasteiger partial charge is 0.239 e. The fourth-order valence-corrected chi connectivity index (χ4v) is 1.70. The van der Waals surface area contributed by atoms with Gasteiger partial charge in [-0.15, -0.1) is 12.4 Å². The fourth-order valence-electron chi connectivity index (χ4n) is 1.70. The van der Waals surface area contributed by atoms with Crippen molar-refractivity contribution in [1.29, 1.82) is 0 Å².